The van der Waals surface area contributed by atoms with Crippen LogP contribution < -0.4 is 5.32 Å². The van der Waals surface area contributed by atoms with E-state index in [0.29, 0.717) is 27.7 Å². The Hall–Kier alpha value is -2.54. The predicted molar refractivity (Wildman–Crippen MR) is 116 cm³/mol. The lowest BCUT2D eigenvalue weighted by Crippen LogP contribution is -2.51. The van der Waals surface area contributed by atoms with Crippen LogP contribution in [0.5, 0.6) is 0 Å². The van der Waals surface area contributed by atoms with Gasteiger partial charge in [-0.1, -0.05) is 29.8 Å². The van der Waals surface area contributed by atoms with E-state index in [1.54, 1.807) is 24.3 Å². The first-order valence-corrected chi connectivity index (χ1v) is 10.8. The second-order valence-electron chi connectivity index (χ2n) is 7.77. The molecule has 5 rings (SSSR count). The van der Waals surface area contributed by atoms with Crippen LogP contribution in [0.15, 0.2) is 60.0 Å². The van der Waals surface area contributed by atoms with Crippen LogP contribution in [0.3, 0.4) is 0 Å². The minimum Gasteiger partial charge on any atom is -0.324 e. The van der Waals surface area contributed by atoms with Gasteiger partial charge < -0.3 is 5.32 Å². The lowest BCUT2D eigenvalue weighted by Gasteiger charge is -2.35. The van der Waals surface area contributed by atoms with Gasteiger partial charge in [0.15, 0.2) is 5.78 Å². The SMILES string of the molecule is CN1C[C@H](c2ccc(Cl)cc2)[C@H](C(=O)c2cccs2)[C@@]12C(=O)Nc1ccc(F)cc12. The Kier molecular flexibility index (Phi) is 4.54. The summed E-state index contributed by atoms with van der Waals surface area (Å²) in [6, 6.07) is 15.2. The number of likely N-dealkylation sites (N-methyl/N-ethyl adjacent to an activating group) is 1. The van der Waals surface area contributed by atoms with E-state index in [-0.39, 0.29) is 17.6 Å². The quantitative estimate of drug-likeness (QED) is 0.588. The number of hydrogen-bond acceptors (Lipinski definition) is 4. The molecular weight excluding hydrogens is 423 g/mol. The number of ketones is 1. The molecule has 0 bridgehead atoms. The normalized spacial score (nSPS) is 25.5. The molecule has 7 heteroatoms. The van der Waals surface area contributed by atoms with Gasteiger partial charge in [0.2, 0.25) is 5.91 Å². The molecule has 1 fully saturated rings. The molecule has 152 valence electrons. The van der Waals surface area contributed by atoms with Crippen LogP contribution in [-0.2, 0) is 10.3 Å². The number of fused-ring (bicyclic) bond motifs is 2. The Labute approximate surface area is 182 Å². The molecule has 2 aliphatic rings. The zero-order valence-corrected chi connectivity index (χ0v) is 17.6. The third-order valence-electron chi connectivity index (χ3n) is 6.26. The van der Waals surface area contributed by atoms with Crippen LogP contribution in [0.1, 0.15) is 26.7 Å². The number of amides is 1. The maximum atomic E-state index is 14.3. The van der Waals surface area contributed by atoms with E-state index in [1.165, 1.54) is 23.5 Å². The Morgan fingerprint density at radius 3 is 2.70 bits per heavy atom. The number of halogens is 2. The summed E-state index contributed by atoms with van der Waals surface area (Å²) in [4.78, 5) is 29.7. The van der Waals surface area contributed by atoms with Gasteiger partial charge in [-0.15, -0.1) is 11.3 Å². The van der Waals surface area contributed by atoms with Crippen molar-refractivity contribution in [1.82, 2.24) is 4.90 Å². The molecule has 3 heterocycles. The monoisotopic (exact) mass is 440 g/mol. The van der Waals surface area contributed by atoms with Gasteiger partial charge in [-0.3, -0.25) is 14.5 Å². The van der Waals surface area contributed by atoms with Gasteiger partial charge in [-0.25, -0.2) is 4.39 Å². The van der Waals surface area contributed by atoms with Crippen molar-refractivity contribution in [1.29, 1.82) is 0 Å². The number of carbonyl (C=O) groups is 2. The molecule has 1 saturated heterocycles. The molecule has 1 N–H and O–H groups in total. The fraction of sp³-hybridized carbons (Fsp3) is 0.217. The number of likely N-dealkylation sites (tertiary alicyclic amines) is 1. The average molecular weight is 441 g/mol. The van der Waals surface area contributed by atoms with Gasteiger partial charge >= 0.3 is 0 Å². The zero-order chi connectivity index (χ0) is 21.0. The molecule has 0 unspecified atom stereocenters. The van der Waals surface area contributed by atoms with Crippen molar-refractivity contribution in [2.24, 2.45) is 5.92 Å². The first-order valence-electron chi connectivity index (χ1n) is 9.59. The molecule has 1 aromatic heterocycles. The minimum absolute atomic E-state index is 0.110. The van der Waals surface area contributed by atoms with Crippen molar-refractivity contribution in [3.63, 3.8) is 0 Å². The molecule has 4 nitrogen and oxygen atoms in total. The fourth-order valence-corrected chi connectivity index (χ4v) is 5.82. The van der Waals surface area contributed by atoms with E-state index in [4.69, 9.17) is 11.6 Å². The van der Waals surface area contributed by atoms with Gasteiger partial charge in [0, 0.05) is 28.7 Å². The molecule has 3 atom stereocenters. The Morgan fingerprint density at radius 1 is 1.23 bits per heavy atom. The zero-order valence-electron chi connectivity index (χ0n) is 16.1. The highest BCUT2D eigenvalue weighted by atomic mass is 35.5. The summed E-state index contributed by atoms with van der Waals surface area (Å²) >= 11 is 7.43. The molecule has 1 spiro atoms. The maximum Gasteiger partial charge on any atom is 0.250 e. The van der Waals surface area contributed by atoms with Crippen molar-refractivity contribution in [2.45, 2.75) is 11.5 Å². The summed E-state index contributed by atoms with van der Waals surface area (Å²) in [6.45, 7) is 0.479. The molecular formula is C23H18ClFN2O2S. The number of rotatable bonds is 3. The van der Waals surface area contributed by atoms with Crippen LogP contribution in [0, 0.1) is 11.7 Å². The van der Waals surface area contributed by atoms with E-state index in [1.807, 2.05) is 35.5 Å². The average Bonchev–Trinajstić information content (AvgIpc) is 3.42. The maximum absolute atomic E-state index is 14.3. The minimum atomic E-state index is -1.27. The molecule has 1 amide bonds. The summed E-state index contributed by atoms with van der Waals surface area (Å²) in [5, 5.41) is 5.33. The summed E-state index contributed by atoms with van der Waals surface area (Å²) in [7, 11) is 1.82. The summed E-state index contributed by atoms with van der Waals surface area (Å²) in [6.07, 6.45) is 0. The smallest absolute Gasteiger partial charge is 0.250 e. The third-order valence-corrected chi connectivity index (χ3v) is 7.39. The third kappa shape index (κ3) is 2.68. The van der Waals surface area contributed by atoms with Crippen LogP contribution in [0.2, 0.25) is 5.02 Å². The number of benzene rings is 2. The number of nitrogens with one attached hydrogen (secondary N) is 1. The second kappa shape index (κ2) is 7.01. The van der Waals surface area contributed by atoms with Crippen molar-refractivity contribution in [3.05, 3.63) is 86.8 Å². The molecule has 30 heavy (non-hydrogen) atoms. The predicted octanol–water partition coefficient (Wildman–Crippen LogP) is 4.92. The Morgan fingerprint density at radius 2 is 2.00 bits per heavy atom. The van der Waals surface area contributed by atoms with E-state index in [2.05, 4.69) is 5.32 Å². The Balaban J connectivity index is 1.74. The first-order chi connectivity index (χ1) is 14.4. The van der Waals surface area contributed by atoms with Crippen molar-refractivity contribution >= 4 is 40.3 Å². The van der Waals surface area contributed by atoms with Gasteiger partial charge in [0.1, 0.15) is 11.4 Å². The van der Waals surface area contributed by atoms with Crippen molar-refractivity contribution in [2.75, 3.05) is 18.9 Å². The molecule has 0 saturated carbocycles. The number of thiophene rings is 1. The van der Waals surface area contributed by atoms with Crippen LogP contribution in [0.4, 0.5) is 10.1 Å². The largest absolute Gasteiger partial charge is 0.324 e. The lowest BCUT2D eigenvalue weighted by molar-refractivity contribution is -0.126. The van der Waals surface area contributed by atoms with Crippen LogP contribution in [-0.4, -0.2) is 30.2 Å². The van der Waals surface area contributed by atoms with E-state index in [0.717, 1.165) is 5.56 Å². The Bertz CT molecular complexity index is 1150. The number of hydrogen-bond donors (Lipinski definition) is 1. The number of Topliss-reactive ketones (excluding diaryl/α,β-unsaturated/α-hetero) is 1. The second-order valence-corrected chi connectivity index (χ2v) is 9.15. The number of carbonyl (C=O) groups excluding carboxylic acids is 2. The highest BCUT2D eigenvalue weighted by Gasteiger charge is 2.64. The van der Waals surface area contributed by atoms with Gasteiger partial charge in [0.05, 0.1) is 10.8 Å². The highest BCUT2D eigenvalue weighted by Crippen LogP contribution is 2.55. The molecule has 3 aromatic rings. The molecule has 0 aliphatic carbocycles. The summed E-state index contributed by atoms with van der Waals surface area (Å²) in [5.41, 5.74) is 0.717. The number of anilines is 1. The van der Waals surface area contributed by atoms with Crippen LogP contribution >= 0.6 is 22.9 Å². The van der Waals surface area contributed by atoms with E-state index >= 15 is 0 Å². The number of nitrogens with zero attached hydrogens (tertiary/aromatic N) is 1. The molecule has 2 aliphatic heterocycles. The van der Waals surface area contributed by atoms with E-state index < -0.39 is 17.3 Å². The van der Waals surface area contributed by atoms with Crippen molar-refractivity contribution < 1.29 is 14.0 Å². The fourth-order valence-electron chi connectivity index (χ4n) is 4.99. The summed E-state index contributed by atoms with van der Waals surface area (Å²) in [5.74, 6) is -1.79. The van der Waals surface area contributed by atoms with E-state index in [9.17, 15) is 14.0 Å². The standard InChI is InChI=1S/C23H18ClFN2O2S/c1-27-12-16(13-4-6-14(24)7-5-13)20(21(28)19-3-2-10-30-19)23(27)17-11-15(25)8-9-18(17)26-22(23)29/h2-11,16,20H,12H2,1H3,(H,26,29)/t16-,20-,23+/m1/s1. The van der Waals surface area contributed by atoms with Crippen LogP contribution in [0.25, 0.3) is 0 Å². The van der Waals surface area contributed by atoms with Crippen molar-refractivity contribution in [3.8, 4) is 0 Å². The lowest BCUT2D eigenvalue weighted by atomic mass is 9.71. The molecule has 0 radical (unpaired) electrons. The van der Waals surface area contributed by atoms with Gasteiger partial charge in [-0.05, 0) is 54.4 Å². The van der Waals surface area contributed by atoms with Gasteiger partial charge in [0.25, 0.3) is 0 Å². The summed E-state index contributed by atoms with van der Waals surface area (Å²) < 4.78 is 14.3. The molecule has 2 aromatic carbocycles. The highest BCUT2D eigenvalue weighted by molar-refractivity contribution is 7.12. The van der Waals surface area contributed by atoms with Gasteiger partial charge in [-0.2, -0.15) is 0 Å². The topological polar surface area (TPSA) is 49.4 Å². The first kappa shape index (κ1) is 19.4.